The number of benzene rings is 2. The first-order valence-corrected chi connectivity index (χ1v) is 9.61. The van der Waals surface area contributed by atoms with Crippen LogP contribution in [0, 0.1) is 6.92 Å². The van der Waals surface area contributed by atoms with Crippen LogP contribution in [0.4, 0.5) is 10.5 Å². The predicted octanol–water partition coefficient (Wildman–Crippen LogP) is 1.88. The van der Waals surface area contributed by atoms with Crippen LogP contribution in [0.5, 0.6) is 5.75 Å². The van der Waals surface area contributed by atoms with Crippen molar-refractivity contribution in [2.45, 2.75) is 19.9 Å². The molecule has 1 aliphatic heterocycles. The highest BCUT2D eigenvalue weighted by molar-refractivity contribution is 6.22. The van der Waals surface area contributed by atoms with Gasteiger partial charge in [0.05, 0.1) is 18.2 Å². The molecule has 2 aromatic carbocycles. The lowest BCUT2D eigenvalue weighted by Crippen LogP contribution is -2.45. The second-order valence-corrected chi connectivity index (χ2v) is 7.04. The van der Waals surface area contributed by atoms with E-state index in [-0.39, 0.29) is 11.1 Å². The number of anilines is 1. The Morgan fingerprint density at radius 3 is 2.31 bits per heavy atom. The van der Waals surface area contributed by atoms with Crippen LogP contribution in [0.1, 0.15) is 33.2 Å². The number of aryl methyl sites for hydroxylation is 1. The Bertz CT molecular complexity index is 1100. The Morgan fingerprint density at radius 1 is 1.00 bits per heavy atom. The summed E-state index contributed by atoms with van der Waals surface area (Å²) in [5.74, 6) is -2.46. The highest BCUT2D eigenvalue weighted by Crippen LogP contribution is 2.26. The molecule has 0 radical (unpaired) electrons. The molecule has 0 saturated heterocycles. The summed E-state index contributed by atoms with van der Waals surface area (Å²) in [7, 11) is 1.51. The molecule has 1 aliphatic rings. The average Bonchev–Trinajstić information content (AvgIpc) is 3.01. The van der Waals surface area contributed by atoms with Gasteiger partial charge in [-0.05, 0) is 50.2 Å². The summed E-state index contributed by atoms with van der Waals surface area (Å²) in [5.41, 5.74) is 1.63. The number of imide groups is 2. The zero-order valence-corrected chi connectivity index (χ0v) is 17.6. The first-order valence-electron chi connectivity index (χ1n) is 9.61. The minimum atomic E-state index is -1.25. The van der Waals surface area contributed by atoms with Crippen LogP contribution in [0.3, 0.4) is 0 Å². The second-order valence-electron chi connectivity index (χ2n) is 7.04. The molecule has 1 atom stereocenters. The molecule has 2 N–H and O–H groups in total. The van der Waals surface area contributed by atoms with E-state index in [0.29, 0.717) is 11.4 Å². The summed E-state index contributed by atoms with van der Waals surface area (Å²) in [4.78, 5) is 62.0. The van der Waals surface area contributed by atoms with Crippen molar-refractivity contribution in [3.05, 3.63) is 59.2 Å². The van der Waals surface area contributed by atoms with Crippen molar-refractivity contribution >= 4 is 35.4 Å². The van der Waals surface area contributed by atoms with Gasteiger partial charge < -0.3 is 14.8 Å². The fraction of sp³-hybridized carbons (Fsp3) is 0.227. The molecular formula is C22H21N3O7. The zero-order valence-electron chi connectivity index (χ0n) is 17.6. The number of ether oxygens (including phenoxy) is 2. The molecule has 1 unspecified atom stereocenters. The molecule has 0 aliphatic carbocycles. The van der Waals surface area contributed by atoms with Crippen molar-refractivity contribution in [3.8, 4) is 5.75 Å². The van der Waals surface area contributed by atoms with Gasteiger partial charge in [-0.25, -0.2) is 9.59 Å². The van der Waals surface area contributed by atoms with Gasteiger partial charge in [-0.2, -0.15) is 0 Å². The largest absolute Gasteiger partial charge is 0.497 e. The number of hydrogen-bond acceptors (Lipinski definition) is 7. The molecule has 2 aromatic rings. The standard InChI is InChI=1S/C22H21N3O7/c1-12-4-9-16-17(10-12)20(28)25(19(16)27)13(2)21(29)32-11-18(26)24-22(30)23-14-5-7-15(31-3)8-6-14/h4-10,13H,11H2,1-3H3,(H2,23,24,26,30). The van der Waals surface area contributed by atoms with Crippen LogP contribution in [-0.2, 0) is 14.3 Å². The maximum atomic E-state index is 12.6. The Kier molecular flexibility index (Phi) is 6.53. The Balaban J connectivity index is 1.51. The number of carbonyl (C=O) groups is 5. The molecule has 0 spiro atoms. The Labute approximate surface area is 183 Å². The molecule has 0 aromatic heterocycles. The highest BCUT2D eigenvalue weighted by atomic mass is 16.5. The van der Waals surface area contributed by atoms with Crippen LogP contribution in [0.15, 0.2) is 42.5 Å². The number of urea groups is 1. The number of nitrogens with zero attached hydrogens (tertiary/aromatic N) is 1. The van der Waals surface area contributed by atoms with Gasteiger partial charge in [0.1, 0.15) is 11.8 Å². The van der Waals surface area contributed by atoms with Crippen LogP contribution in [0.2, 0.25) is 0 Å². The summed E-state index contributed by atoms with van der Waals surface area (Å²) in [6, 6.07) is 9.13. The number of hydrogen-bond donors (Lipinski definition) is 2. The third-order valence-electron chi connectivity index (χ3n) is 4.75. The number of carbonyl (C=O) groups excluding carboxylic acids is 5. The second kappa shape index (κ2) is 9.29. The number of esters is 1. The molecular weight excluding hydrogens is 418 g/mol. The fourth-order valence-corrected chi connectivity index (χ4v) is 3.09. The summed E-state index contributed by atoms with van der Waals surface area (Å²) in [5, 5.41) is 4.45. The molecule has 1 heterocycles. The molecule has 0 bridgehead atoms. The lowest BCUT2D eigenvalue weighted by atomic mass is 10.1. The lowest BCUT2D eigenvalue weighted by Gasteiger charge is -2.20. The van der Waals surface area contributed by atoms with Gasteiger partial charge in [0, 0.05) is 5.69 Å². The molecule has 0 saturated carbocycles. The van der Waals surface area contributed by atoms with E-state index < -0.39 is 42.4 Å². The van der Waals surface area contributed by atoms with Gasteiger partial charge in [0.2, 0.25) is 0 Å². The summed E-state index contributed by atoms with van der Waals surface area (Å²) in [6.45, 7) is 2.34. The first-order chi connectivity index (χ1) is 15.2. The van der Waals surface area contributed by atoms with Crippen LogP contribution in [-0.4, -0.2) is 54.4 Å². The molecule has 10 heteroatoms. The van der Waals surface area contributed by atoms with Gasteiger partial charge in [-0.15, -0.1) is 0 Å². The van der Waals surface area contributed by atoms with E-state index in [1.165, 1.54) is 20.1 Å². The van der Waals surface area contributed by atoms with Crippen molar-refractivity contribution in [3.63, 3.8) is 0 Å². The van der Waals surface area contributed by atoms with Gasteiger partial charge in [0.15, 0.2) is 6.61 Å². The van der Waals surface area contributed by atoms with E-state index in [9.17, 15) is 24.0 Å². The van der Waals surface area contributed by atoms with Crippen molar-refractivity contribution < 1.29 is 33.4 Å². The molecule has 3 rings (SSSR count). The molecule has 10 nitrogen and oxygen atoms in total. The van der Waals surface area contributed by atoms with Crippen molar-refractivity contribution in [2.24, 2.45) is 0 Å². The quantitative estimate of drug-likeness (QED) is 0.519. The highest BCUT2D eigenvalue weighted by Gasteiger charge is 2.41. The molecule has 166 valence electrons. The minimum absolute atomic E-state index is 0.202. The third-order valence-corrected chi connectivity index (χ3v) is 4.75. The Hall–Kier alpha value is -4.21. The summed E-state index contributed by atoms with van der Waals surface area (Å²) in [6.07, 6.45) is 0. The molecule has 32 heavy (non-hydrogen) atoms. The van der Waals surface area contributed by atoms with E-state index in [1.54, 1.807) is 43.3 Å². The maximum Gasteiger partial charge on any atom is 0.329 e. The minimum Gasteiger partial charge on any atom is -0.497 e. The van der Waals surface area contributed by atoms with E-state index in [4.69, 9.17) is 9.47 Å². The lowest BCUT2D eigenvalue weighted by molar-refractivity contribution is -0.151. The third kappa shape index (κ3) is 4.75. The van der Waals surface area contributed by atoms with Crippen LogP contribution in [0.25, 0.3) is 0 Å². The SMILES string of the molecule is COc1ccc(NC(=O)NC(=O)COC(=O)C(C)N2C(=O)c3ccc(C)cc3C2=O)cc1. The van der Waals surface area contributed by atoms with Crippen LogP contribution >= 0.6 is 0 Å². The van der Waals surface area contributed by atoms with Gasteiger partial charge in [-0.1, -0.05) is 11.6 Å². The van der Waals surface area contributed by atoms with E-state index >= 15 is 0 Å². The maximum absolute atomic E-state index is 12.6. The van der Waals surface area contributed by atoms with E-state index in [2.05, 4.69) is 5.32 Å². The number of fused-ring (bicyclic) bond motifs is 1. The Morgan fingerprint density at radius 2 is 1.66 bits per heavy atom. The normalized spacial score (nSPS) is 13.3. The topological polar surface area (TPSA) is 131 Å². The smallest absolute Gasteiger partial charge is 0.329 e. The number of rotatable bonds is 6. The van der Waals surface area contributed by atoms with Crippen molar-refractivity contribution in [2.75, 3.05) is 19.0 Å². The summed E-state index contributed by atoms with van der Waals surface area (Å²) >= 11 is 0. The summed E-state index contributed by atoms with van der Waals surface area (Å²) < 4.78 is 9.89. The number of methoxy groups -OCH3 is 1. The van der Waals surface area contributed by atoms with Crippen molar-refractivity contribution in [1.82, 2.24) is 10.2 Å². The number of nitrogens with one attached hydrogen (secondary N) is 2. The van der Waals surface area contributed by atoms with E-state index in [0.717, 1.165) is 10.5 Å². The first kappa shape index (κ1) is 22.5. The van der Waals surface area contributed by atoms with Gasteiger partial charge in [0.25, 0.3) is 17.7 Å². The average molecular weight is 439 g/mol. The fourth-order valence-electron chi connectivity index (χ4n) is 3.09. The number of amides is 5. The monoisotopic (exact) mass is 439 g/mol. The van der Waals surface area contributed by atoms with Gasteiger partial charge in [-0.3, -0.25) is 24.6 Å². The van der Waals surface area contributed by atoms with Crippen molar-refractivity contribution in [1.29, 1.82) is 0 Å². The molecule has 0 fully saturated rings. The zero-order chi connectivity index (χ0) is 23.4. The molecule has 5 amide bonds. The predicted molar refractivity (Wildman–Crippen MR) is 112 cm³/mol. The van der Waals surface area contributed by atoms with Gasteiger partial charge >= 0.3 is 12.0 Å². The van der Waals surface area contributed by atoms with Crippen LogP contribution < -0.4 is 15.4 Å². The van der Waals surface area contributed by atoms with E-state index in [1.807, 2.05) is 5.32 Å².